The molecule has 194 valence electrons. The molecule has 2 aromatic rings. The Kier molecular flexibility index (Phi) is 10.8. The van der Waals surface area contributed by atoms with E-state index >= 15 is 0 Å². The second kappa shape index (κ2) is 13.5. The molecular formula is C25H37N8O3+. The van der Waals surface area contributed by atoms with E-state index in [9.17, 15) is 10.2 Å². The number of amidine groups is 1. The fourth-order valence-electron chi connectivity index (χ4n) is 2.97. The summed E-state index contributed by atoms with van der Waals surface area (Å²) in [6.45, 7) is 4.58. The summed E-state index contributed by atoms with van der Waals surface area (Å²) >= 11 is 0. The van der Waals surface area contributed by atoms with Gasteiger partial charge in [0.1, 0.15) is 0 Å². The summed E-state index contributed by atoms with van der Waals surface area (Å²) in [5, 5.41) is 43.9. The molecule has 0 saturated heterocycles. The average molecular weight is 498 g/mol. The molecule has 0 radical (unpaired) electrons. The molecule has 0 spiro atoms. The van der Waals surface area contributed by atoms with E-state index in [1.54, 1.807) is 40.1 Å². The number of ether oxygens (including phenoxy) is 1. The molecule has 0 aliphatic carbocycles. The number of nitrogens with zero attached hydrogens (tertiary/aromatic N) is 7. The van der Waals surface area contributed by atoms with Gasteiger partial charge >= 0.3 is 5.96 Å². The van der Waals surface area contributed by atoms with Gasteiger partial charge in [-0.15, -0.1) is 0 Å². The Morgan fingerprint density at radius 3 is 1.94 bits per heavy atom. The highest BCUT2D eigenvalue weighted by Gasteiger charge is 2.28. The van der Waals surface area contributed by atoms with Crippen LogP contribution in [-0.2, 0) is 4.74 Å². The first kappa shape index (κ1) is 28.7. The van der Waals surface area contributed by atoms with E-state index in [0.717, 1.165) is 17.9 Å². The van der Waals surface area contributed by atoms with Crippen LogP contribution in [0.25, 0.3) is 0 Å². The lowest BCUT2D eigenvalue weighted by molar-refractivity contribution is -0.376. The van der Waals surface area contributed by atoms with E-state index < -0.39 is 5.54 Å². The molecule has 0 atom stereocenters. The Morgan fingerprint density at radius 1 is 0.944 bits per heavy atom. The predicted octanol–water partition coefficient (Wildman–Crippen LogP) is 3.81. The Bertz CT molecular complexity index is 1080. The smallest absolute Gasteiger partial charge is 0.394 e. The van der Waals surface area contributed by atoms with Gasteiger partial charge < -0.3 is 24.7 Å². The van der Waals surface area contributed by atoms with E-state index in [1.807, 2.05) is 55.4 Å². The van der Waals surface area contributed by atoms with Gasteiger partial charge in [0.25, 0.3) is 0 Å². The zero-order valence-electron chi connectivity index (χ0n) is 21.9. The van der Waals surface area contributed by atoms with Crippen LogP contribution in [0.4, 0.5) is 22.7 Å². The van der Waals surface area contributed by atoms with Crippen molar-refractivity contribution in [3.8, 4) is 0 Å². The van der Waals surface area contributed by atoms with Gasteiger partial charge in [-0.25, -0.2) is 4.58 Å². The number of benzene rings is 2. The molecule has 11 nitrogen and oxygen atoms in total. The quantitative estimate of drug-likeness (QED) is 0.199. The first-order chi connectivity index (χ1) is 17.1. The van der Waals surface area contributed by atoms with Crippen LogP contribution in [0.1, 0.15) is 13.8 Å². The first-order valence-electron chi connectivity index (χ1n) is 11.5. The van der Waals surface area contributed by atoms with E-state index in [-0.39, 0.29) is 19.2 Å². The summed E-state index contributed by atoms with van der Waals surface area (Å²) in [7, 11) is 7.15. The largest absolute Gasteiger partial charge is 0.398 e. The maximum absolute atomic E-state index is 9.59. The van der Waals surface area contributed by atoms with Gasteiger partial charge in [0.05, 0.1) is 43.8 Å². The second-order valence-corrected chi connectivity index (χ2v) is 8.65. The summed E-state index contributed by atoms with van der Waals surface area (Å²) < 4.78 is 6.58. The minimum atomic E-state index is -0.770. The number of likely N-dealkylation sites (N-methyl/N-ethyl adjacent to an activating group) is 2. The number of hydrogen-bond acceptors (Lipinski definition) is 8. The van der Waals surface area contributed by atoms with Crippen LogP contribution >= 0.6 is 0 Å². The SMILES string of the molecule is COCCN(C)c1ccc(N=NC(=N)/[N+](C)=C(\C)N=Nc2ccc(N(C)C(C)(CO)CO)cc2)cc1. The number of methoxy groups -OCH3 is 1. The molecule has 36 heavy (non-hydrogen) atoms. The van der Waals surface area contributed by atoms with Crippen LogP contribution in [0, 0.1) is 5.41 Å². The zero-order valence-corrected chi connectivity index (χ0v) is 21.9. The van der Waals surface area contributed by atoms with Gasteiger partial charge in [-0.2, -0.15) is 5.41 Å². The average Bonchev–Trinajstić information content (AvgIpc) is 2.92. The first-order valence-corrected chi connectivity index (χ1v) is 11.5. The maximum atomic E-state index is 9.59. The van der Waals surface area contributed by atoms with Crippen molar-refractivity contribution in [1.82, 2.24) is 0 Å². The van der Waals surface area contributed by atoms with Crippen molar-refractivity contribution in [2.45, 2.75) is 19.4 Å². The standard InChI is InChI=1S/C25H37N8O3/c1-19(27-28-20-9-13-23(14-10-20)33(5)25(2,17-34)18-35)32(4)24(26)30-29-21-7-11-22(12-8-21)31(3)15-16-36-6/h7-14,26,34-35H,15-18H2,1-6H3/q+1. The lowest BCUT2D eigenvalue weighted by Crippen LogP contribution is -2.50. The lowest BCUT2D eigenvalue weighted by Gasteiger charge is -2.37. The molecule has 2 aromatic carbocycles. The van der Waals surface area contributed by atoms with Crippen molar-refractivity contribution in [3.63, 3.8) is 0 Å². The number of hydrogen-bond donors (Lipinski definition) is 3. The Balaban J connectivity index is 2.03. The molecule has 0 amide bonds. The second-order valence-electron chi connectivity index (χ2n) is 8.65. The van der Waals surface area contributed by atoms with Gasteiger partial charge in [-0.1, -0.05) is 10.2 Å². The number of guanidine groups is 1. The minimum Gasteiger partial charge on any atom is -0.394 e. The van der Waals surface area contributed by atoms with Crippen LogP contribution in [0.5, 0.6) is 0 Å². The lowest BCUT2D eigenvalue weighted by atomic mass is 10.0. The number of aliphatic hydroxyl groups is 2. The zero-order chi connectivity index (χ0) is 26.7. The van der Waals surface area contributed by atoms with Gasteiger partial charge in [0, 0.05) is 51.2 Å². The summed E-state index contributed by atoms with van der Waals surface area (Å²) in [5.41, 5.74) is 2.36. The third-order valence-corrected chi connectivity index (χ3v) is 6.02. The van der Waals surface area contributed by atoms with E-state index in [1.165, 1.54) is 4.58 Å². The number of aliphatic hydroxyl groups excluding tert-OH is 2. The van der Waals surface area contributed by atoms with Crippen LogP contribution < -0.4 is 9.80 Å². The summed E-state index contributed by atoms with van der Waals surface area (Å²) in [5.74, 6) is 0.403. The molecule has 0 aromatic heterocycles. The van der Waals surface area contributed by atoms with Gasteiger partial charge in [-0.05, 0) is 60.6 Å². The summed E-state index contributed by atoms with van der Waals surface area (Å²) in [6, 6.07) is 14.8. The highest BCUT2D eigenvalue weighted by Crippen LogP contribution is 2.25. The van der Waals surface area contributed by atoms with E-state index in [2.05, 4.69) is 25.4 Å². The third kappa shape index (κ3) is 7.74. The van der Waals surface area contributed by atoms with Crippen LogP contribution in [0.15, 0.2) is 69.0 Å². The Labute approximate surface area is 212 Å². The highest BCUT2D eigenvalue weighted by atomic mass is 16.5. The fraction of sp³-hybridized carbons (Fsp3) is 0.440. The minimum absolute atomic E-state index is 0.0722. The molecule has 0 bridgehead atoms. The Hall–Kier alpha value is -3.54. The molecule has 0 aliphatic rings. The summed E-state index contributed by atoms with van der Waals surface area (Å²) in [4.78, 5) is 3.90. The normalized spacial score (nSPS) is 12.8. The summed E-state index contributed by atoms with van der Waals surface area (Å²) in [6.07, 6.45) is 0. The number of azo groups is 2. The maximum Gasteiger partial charge on any atom is 0.398 e. The molecule has 11 heteroatoms. The number of rotatable bonds is 10. The van der Waals surface area contributed by atoms with Crippen molar-refractivity contribution < 1.29 is 19.5 Å². The van der Waals surface area contributed by atoms with Crippen molar-refractivity contribution in [2.24, 2.45) is 20.5 Å². The third-order valence-electron chi connectivity index (χ3n) is 6.02. The van der Waals surface area contributed by atoms with Gasteiger partial charge in [0.15, 0.2) is 0 Å². The molecule has 0 saturated carbocycles. The number of anilines is 2. The van der Waals surface area contributed by atoms with Crippen LogP contribution in [0.3, 0.4) is 0 Å². The van der Waals surface area contributed by atoms with Crippen LogP contribution in [-0.4, -0.2) is 86.7 Å². The van der Waals surface area contributed by atoms with Crippen molar-refractivity contribution in [2.75, 3.05) is 64.4 Å². The van der Waals surface area contributed by atoms with Crippen molar-refractivity contribution in [1.29, 1.82) is 5.41 Å². The predicted molar refractivity (Wildman–Crippen MR) is 143 cm³/mol. The van der Waals surface area contributed by atoms with E-state index in [0.29, 0.717) is 23.8 Å². The topological polar surface area (TPSA) is 132 Å². The van der Waals surface area contributed by atoms with Crippen LogP contribution in [0.2, 0.25) is 0 Å². The fourth-order valence-corrected chi connectivity index (χ4v) is 2.97. The van der Waals surface area contributed by atoms with Crippen molar-refractivity contribution in [3.05, 3.63) is 48.5 Å². The monoisotopic (exact) mass is 497 g/mol. The molecule has 3 N–H and O–H groups in total. The van der Waals surface area contributed by atoms with Gasteiger partial charge in [0.2, 0.25) is 5.84 Å². The highest BCUT2D eigenvalue weighted by molar-refractivity contribution is 5.82. The molecule has 0 unspecified atom stereocenters. The van der Waals surface area contributed by atoms with Crippen molar-refractivity contribution >= 4 is 34.5 Å². The molecule has 0 aliphatic heterocycles. The van der Waals surface area contributed by atoms with E-state index in [4.69, 9.17) is 10.1 Å². The van der Waals surface area contributed by atoms with Gasteiger partial charge in [-0.3, -0.25) is 0 Å². The molecule has 0 heterocycles. The molecule has 2 rings (SSSR count). The molecule has 0 fully saturated rings. The Morgan fingerprint density at radius 2 is 1.44 bits per heavy atom. The number of nitrogens with one attached hydrogen (secondary N) is 1. The molecular weight excluding hydrogens is 460 g/mol.